The van der Waals surface area contributed by atoms with Gasteiger partial charge in [0.15, 0.2) is 0 Å². The normalized spacial score (nSPS) is 15.1. The number of nitrogens with zero attached hydrogens (tertiary/aromatic N) is 1. The molecule has 0 N–H and O–H groups in total. The van der Waals surface area contributed by atoms with E-state index in [9.17, 15) is 0 Å². The lowest BCUT2D eigenvalue weighted by molar-refractivity contribution is 0.405. The molecule has 15 heavy (non-hydrogen) atoms. The van der Waals surface area contributed by atoms with Gasteiger partial charge in [0, 0.05) is 5.67 Å². The van der Waals surface area contributed by atoms with Gasteiger partial charge in [-0.05, 0) is 21.0 Å². The SMILES string of the molecule is CC=CC(N(C)C)[Si](C)(CCC)CCC. The van der Waals surface area contributed by atoms with E-state index in [-0.39, 0.29) is 0 Å². The molecule has 0 aliphatic rings. The molecule has 0 rings (SSSR count). The van der Waals surface area contributed by atoms with Crippen LogP contribution in [0.5, 0.6) is 0 Å². The lowest BCUT2D eigenvalue weighted by Crippen LogP contribution is -2.51. The van der Waals surface area contributed by atoms with E-state index >= 15 is 0 Å². The molecular formula is C13H29NSi. The molecule has 0 fully saturated rings. The summed E-state index contributed by atoms with van der Waals surface area (Å²) in [6, 6.07) is 2.90. The molecule has 1 nitrogen and oxygen atoms in total. The molecule has 0 bridgehead atoms. The van der Waals surface area contributed by atoms with Gasteiger partial charge in [0.2, 0.25) is 0 Å². The van der Waals surface area contributed by atoms with Crippen LogP contribution in [0.1, 0.15) is 33.6 Å². The molecule has 0 aromatic heterocycles. The van der Waals surface area contributed by atoms with Crippen molar-refractivity contribution in [1.29, 1.82) is 0 Å². The predicted octanol–water partition coefficient (Wildman–Crippen LogP) is 3.93. The van der Waals surface area contributed by atoms with Crippen molar-refractivity contribution in [2.45, 2.75) is 57.9 Å². The summed E-state index contributed by atoms with van der Waals surface area (Å²) in [4.78, 5) is 2.41. The smallest absolute Gasteiger partial charge is 0.0747 e. The molecule has 0 saturated carbocycles. The fraction of sp³-hybridized carbons (Fsp3) is 0.846. The van der Waals surface area contributed by atoms with Crippen molar-refractivity contribution in [1.82, 2.24) is 4.90 Å². The van der Waals surface area contributed by atoms with Crippen LogP contribution in [0.15, 0.2) is 12.2 Å². The fourth-order valence-corrected chi connectivity index (χ4v) is 7.80. The van der Waals surface area contributed by atoms with E-state index in [1.54, 1.807) is 0 Å². The number of hydrogen-bond donors (Lipinski definition) is 0. The Morgan fingerprint density at radius 2 is 1.60 bits per heavy atom. The van der Waals surface area contributed by atoms with Gasteiger partial charge in [0.25, 0.3) is 0 Å². The minimum absolute atomic E-state index is 0.711. The van der Waals surface area contributed by atoms with Gasteiger partial charge in [-0.1, -0.05) is 57.5 Å². The lowest BCUT2D eigenvalue weighted by Gasteiger charge is -2.38. The summed E-state index contributed by atoms with van der Waals surface area (Å²) in [5.41, 5.74) is 0.711. The Morgan fingerprint density at radius 3 is 1.87 bits per heavy atom. The maximum atomic E-state index is 2.57. The van der Waals surface area contributed by atoms with Crippen molar-refractivity contribution < 1.29 is 0 Å². The Labute approximate surface area is 97.6 Å². The Morgan fingerprint density at radius 1 is 1.13 bits per heavy atom. The van der Waals surface area contributed by atoms with Crippen LogP contribution < -0.4 is 0 Å². The Balaban J connectivity index is 4.80. The van der Waals surface area contributed by atoms with Crippen LogP contribution in [0, 0.1) is 0 Å². The molecule has 0 saturated heterocycles. The fourth-order valence-electron chi connectivity index (χ4n) is 2.77. The van der Waals surface area contributed by atoms with Crippen LogP contribution >= 0.6 is 0 Å². The molecule has 0 aliphatic heterocycles. The summed E-state index contributed by atoms with van der Waals surface area (Å²) in [5.74, 6) is 0. The average Bonchev–Trinajstić information content (AvgIpc) is 2.14. The Kier molecular flexibility index (Phi) is 7.19. The van der Waals surface area contributed by atoms with E-state index in [2.05, 4.69) is 58.5 Å². The van der Waals surface area contributed by atoms with Crippen LogP contribution in [-0.4, -0.2) is 32.7 Å². The number of likely N-dealkylation sites (N-methyl/N-ethyl adjacent to an activating group) is 1. The topological polar surface area (TPSA) is 3.24 Å². The summed E-state index contributed by atoms with van der Waals surface area (Å²) in [7, 11) is 3.32. The van der Waals surface area contributed by atoms with E-state index < -0.39 is 8.07 Å². The second kappa shape index (κ2) is 7.23. The third-order valence-corrected chi connectivity index (χ3v) is 8.71. The largest absolute Gasteiger partial charge is 0.306 e. The molecule has 0 aromatic carbocycles. The standard InChI is InChI=1S/C13H29NSi/c1-7-10-13(14(4)5)15(6,11-8-2)12-9-3/h7,10,13H,8-9,11-12H2,1-6H3. The maximum absolute atomic E-state index is 2.57. The second-order valence-electron chi connectivity index (χ2n) is 5.09. The highest BCUT2D eigenvalue weighted by atomic mass is 28.3. The first-order chi connectivity index (χ1) is 7.01. The monoisotopic (exact) mass is 227 g/mol. The molecule has 0 aromatic rings. The van der Waals surface area contributed by atoms with E-state index in [1.165, 1.54) is 24.9 Å². The molecule has 1 atom stereocenters. The lowest BCUT2D eigenvalue weighted by atomic mass is 10.5. The maximum Gasteiger partial charge on any atom is 0.0747 e. The molecule has 0 heterocycles. The molecule has 2 heteroatoms. The van der Waals surface area contributed by atoms with Gasteiger partial charge in [-0.3, -0.25) is 0 Å². The van der Waals surface area contributed by atoms with E-state index in [0.29, 0.717) is 5.67 Å². The molecule has 0 spiro atoms. The van der Waals surface area contributed by atoms with Gasteiger partial charge >= 0.3 is 0 Å². The van der Waals surface area contributed by atoms with Crippen molar-refractivity contribution in [3.05, 3.63) is 12.2 Å². The summed E-state index contributed by atoms with van der Waals surface area (Å²) >= 11 is 0. The van der Waals surface area contributed by atoms with E-state index in [0.717, 1.165) is 0 Å². The van der Waals surface area contributed by atoms with E-state index in [4.69, 9.17) is 0 Å². The van der Waals surface area contributed by atoms with Gasteiger partial charge in [-0.2, -0.15) is 0 Å². The third kappa shape index (κ3) is 4.52. The number of hydrogen-bond acceptors (Lipinski definition) is 1. The zero-order chi connectivity index (χ0) is 11.9. The average molecular weight is 227 g/mol. The molecular weight excluding hydrogens is 198 g/mol. The van der Waals surface area contributed by atoms with Gasteiger partial charge in [-0.25, -0.2) is 0 Å². The van der Waals surface area contributed by atoms with Crippen LogP contribution in [-0.2, 0) is 0 Å². The first-order valence-corrected chi connectivity index (χ1v) is 9.30. The molecule has 0 radical (unpaired) electrons. The summed E-state index contributed by atoms with van der Waals surface area (Å²) in [6.07, 6.45) is 7.31. The van der Waals surface area contributed by atoms with Crippen LogP contribution in [0.3, 0.4) is 0 Å². The molecule has 90 valence electrons. The Bertz CT molecular complexity index is 181. The number of allylic oxidation sites excluding steroid dienone is 1. The zero-order valence-corrected chi connectivity index (χ0v) is 12.5. The third-order valence-electron chi connectivity index (χ3n) is 3.29. The van der Waals surface area contributed by atoms with Crippen molar-refractivity contribution in [3.63, 3.8) is 0 Å². The Hall–Kier alpha value is -0.0831. The minimum atomic E-state index is -1.12. The highest BCUT2D eigenvalue weighted by Gasteiger charge is 2.34. The quantitative estimate of drug-likeness (QED) is 0.470. The molecule has 1 unspecified atom stereocenters. The summed E-state index contributed by atoms with van der Waals surface area (Å²) in [5, 5.41) is 0. The van der Waals surface area contributed by atoms with Crippen LogP contribution in [0.2, 0.25) is 18.6 Å². The zero-order valence-electron chi connectivity index (χ0n) is 11.5. The van der Waals surface area contributed by atoms with Crippen molar-refractivity contribution >= 4 is 8.07 Å². The molecule has 0 amide bonds. The first-order valence-electron chi connectivity index (χ1n) is 6.31. The van der Waals surface area contributed by atoms with Crippen LogP contribution in [0.4, 0.5) is 0 Å². The van der Waals surface area contributed by atoms with Gasteiger partial charge in [0.05, 0.1) is 8.07 Å². The van der Waals surface area contributed by atoms with Crippen molar-refractivity contribution in [2.75, 3.05) is 14.1 Å². The van der Waals surface area contributed by atoms with Crippen LogP contribution in [0.25, 0.3) is 0 Å². The first kappa shape index (κ1) is 14.9. The summed E-state index contributed by atoms with van der Waals surface area (Å²) < 4.78 is 0. The van der Waals surface area contributed by atoms with Crippen molar-refractivity contribution in [2.24, 2.45) is 0 Å². The summed E-state index contributed by atoms with van der Waals surface area (Å²) in [6.45, 7) is 9.36. The van der Waals surface area contributed by atoms with Gasteiger partial charge in [-0.15, -0.1) is 0 Å². The van der Waals surface area contributed by atoms with Crippen molar-refractivity contribution in [3.8, 4) is 0 Å². The van der Waals surface area contributed by atoms with Gasteiger partial charge in [0.1, 0.15) is 0 Å². The number of rotatable bonds is 7. The minimum Gasteiger partial charge on any atom is -0.306 e. The second-order valence-corrected chi connectivity index (χ2v) is 9.99. The van der Waals surface area contributed by atoms with Gasteiger partial charge < -0.3 is 4.90 Å². The molecule has 0 aliphatic carbocycles. The highest BCUT2D eigenvalue weighted by molar-refractivity contribution is 6.80. The predicted molar refractivity (Wildman–Crippen MR) is 74.1 cm³/mol. The van der Waals surface area contributed by atoms with E-state index in [1.807, 2.05) is 0 Å². The highest BCUT2D eigenvalue weighted by Crippen LogP contribution is 2.26.